The molecule has 0 saturated heterocycles. The van der Waals surface area contributed by atoms with Gasteiger partial charge < -0.3 is 4.90 Å². The molecule has 0 radical (unpaired) electrons. The number of carbonyl (C=O) groups is 1. The van der Waals surface area contributed by atoms with Crippen molar-refractivity contribution in [3.05, 3.63) is 16.6 Å². The molecule has 0 spiro atoms. The van der Waals surface area contributed by atoms with Gasteiger partial charge in [0.15, 0.2) is 0 Å². The Hall–Kier alpha value is -0.420. The number of aromatic nitrogens is 1. The van der Waals surface area contributed by atoms with Gasteiger partial charge in [-0.05, 0) is 6.92 Å². The highest BCUT2D eigenvalue weighted by Crippen LogP contribution is 2.08. The predicted molar refractivity (Wildman–Crippen MR) is 57.5 cm³/mol. The number of halogens is 1. The van der Waals surface area contributed by atoms with Crippen molar-refractivity contribution in [1.29, 1.82) is 0 Å². The van der Waals surface area contributed by atoms with Gasteiger partial charge in [0, 0.05) is 23.8 Å². The fourth-order valence-electron chi connectivity index (χ4n) is 0.803. The largest absolute Gasteiger partial charge is 0.337 e. The first-order valence-corrected chi connectivity index (χ1v) is 5.94. The van der Waals surface area contributed by atoms with Gasteiger partial charge in [0.2, 0.25) is 0 Å². The molecule has 0 aliphatic rings. The summed E-state index contributed by atoms with van der Waals surface area (Å²) < 4.78 is 0. The SMILES string of the molecule is CC(CBr)N(C)C(=O)c1cscn1. The highest BCUT2D eigenvalue weighted by atomic mass is 79.9. The molecule has 5 heteroatoms. The highest BCUT2D eigenvalue weighted by Gasteiger charge is 2.17. The Balaban J connectivity index is 2.68. The number of hydrogen-bond acceptors (Lipinski definition) is 3. The molecule has 1 rings (SSSR count). The molecule has 1 unspecified atom stereocenters. The normalized spacial score (nSPS) is 12.5. The third-order valence-corrected chi connectivity index (χ3v) is 3.38. The summed E-state index contributed by atoms with van der Waals surface area (Å²) in [5.74, 6) is -0.0202. The Morgan fingerprint density at radius 2 is 2.54 bits per heavy atom. The number of hydrogen-bond donors (Lipinski definition) is 0. The number of alkyl halides is 1. The standard InChI is InChI=1S/C8H11BrN2OS/c1-6(3-9)11(2)8(12)7-4-13-5-10-7/h4-6H,3H2,1-2H3. The second kappa shape index (κ2) is 4.72. The van der Waals surface area contributed by atoms with Gasteiger partial charge in [-0.15, -0.1) is 11.3 Å². The summed E-state index contributed by atoms with van der Waals surface area (Å²) in [5, 5.41) is 2.54. The van der Waals surface area contributed by atoms with Gasteiger partial charge in [-0.25, -0.2) is 4.98 Å². The smallest absolute Gasteiger partial charge is 0.273 e. The van der Waals surface area contributed by atoms with Crippen LogP contribution in [0.3, 0.4) is 0 Å². The molecule has 1 aromatic rings. The van der Waals surface area contributed by atoms with Gasteiger partial charge in [0.1, 0.15) is 5.69 Å². The zero-order valence-electron chi connectivity index (χ0n) is 7.53. The third kappa shape index (κ3) is 2.51. The van der Waals surface area contributed by atoms with Crippen LogP contribution in [0, 0.1) is 0 Å². The van der Waals surface area contributed by atoms with Crippen LogP contribution in [0.5, 0.6) is 0 Å². The molecule has 1 atom stereocenters. The fraction of sp³-hybridized carbons (Fsp3) is 0.500. The molecule has 0 aromatic carbocycles. The van der Waals surface area contributed by atoms with Crippen molar-refractivity contribution < 1.29 is 4.79 Å². The Morgan fingerprint density at radius 3 is 3.00 bits per heavy atom. The quantitative estimate of drug-likeness (QED) is 0.781. The molecule has 0 aliphatic heterocycles. The fourth-order valence-corrected chi connectivity index (χ4v) is 1.76. The van der Waals surface area contributed by atoms with Gasteiger partial charge >= 0.3 is 0 Å². The zero-order chi connectivity index (χ0) is 9.84. The second-order valence-corrected chi connectivity index (χ2v) is 4.16. The van der Waals surface area contributed by atoms with Gasteiger partial charge in [-0.3, -0.25) is 4.79 Å². The first-order chi connectivity index (χ1) is 6.16. The molecule has 0 fully saturated rings. The van der Waals surface area contributed by atoms with E-state index in [1.165, 1.54) is 11.3 Å². The lowest BCUT2D eigenvalue weighted by atomic mass is 10.3. The summed E-state index contributed by atoms with van der Waals surface area (Å²) >= 11 is 4.77. The average molecular weight is 263 g/mol. The van der Waals surface area contributed by atoms with E-state index in [1.807, 2.05) is 6.92 Å². The lowest BCUT2D eigenvalue weighted by Crippen LogP contribution is -2.36. The molecule has 0 N–H and O–H groups in total. The molecule has 72 valence electrons. The maximum absolute atomic E-state index is 11.7. The van der Waals surface area contributed by atoms with E-state index in [2.05, 4.69) is 20.9 Å². The molecular formula is C8H11BrN2OS. The van der Waals surface area contributed by atoms with Crippen molar-refractivity contribution in [2.24, 2.45) is 0 Å². The van der Waals surface area contributed by atoms with E-state index in [-0.39, 0.29) is 11.9 Å². The third-order valence-electron chi connectivity index (χ3n) is 1.86. The van der Waals surface area contributed by atoms with E-state index in [1.54, 1.807) is 22.8 Å². The molecule has 1 amide bonds. The van der Waals surface area contributed by atoms with Crippen LogP contribution in [0.15, 0.2) is 10.9 Å². The topological polar surface area (TPSA) is 33.2 Å². The average Bonchev–Trinajstić information content (AvgIpc) is 2.67. The number of nitrogens with zero attached hydrogens (tertiary/aromatic N) is 2. The van der Waals surface area contributed by atoms with E-state index in [4.69, 9.17) is 0 Å². The van der Waals surface area contributed by atoms with Crippen molar-refractivity contribution in [1.82, 2.24) is 9.88 Å². The van der Waals surface area contributed by atoms with Gasteiger partial charge in [0.25, 0.3) is 5.91 Å². The van der Waals surface area contributed by atoms with E-state index >= 15 is 0 Å². The van der Waals surface area contributed by atoms with Gasteiger partial charge in [-0.2, -0.15) is 0 Å². The Bertz CT molecular complexity index is 276. The van der Waals surface area contributed by atoms with Gasteiger partial charge in [-0.1, -0.05) is 15.9 Å². The van der Waals surface area contributed by atoms with Crippen molar-refractivity contribution in [2.75, 3.05) is 12.4 Å². The van der Waals surface area contributed by atoms with Crippen molar-refractivity contribution in [3.8, 4) is 0 Å². The van der Waals surface area contributed by atoms with E-state index in [0.717, 1.165) is 5.33 Å². The van der Waals surface area contributed by atoms with Crippen LogP contribution < -0.4 is 0 Å². The second-order valence-electron chi connectivity index (χ2n) is 2.79. The molecule has 0 bridgehead atoms. The molecule has 1 heterocycles. The molecule has 0 saturated carbocycles. The maximum Gasteiger partial charge on any atom is 0.273 e. The van der Waals surface area contributed by atoms with Crippen molar-refractivity contribution >= 4 is 33.2 Å². The minimum absolute atomic E-state index is 0.0202. The molecule has 0 aliphatic carbocycles. The molecular weight excluding hydrogens is 252 g/mol. The van der Waals surface area contributed by atoms with Crippen LogP contribution >= 0.6 is 27.3 Å². The highest BCUT2D eigenvalue weighted by molar-refractivity contribution is 9.09. The summed E-state index contributed by atoms with van der Waals surface area (Å²) in [4.78, 5) is 17.3. The first kappa shape index (κ1) is 10.7. The van der Waals surface area contributed by atoms with Crippen LogP contribution in [0.1, 0.15) is 17.4 Å². The van der Waals surface area contributed by atoms with E-state index in [0.29, 0.717) is 5.69 Å². The lowest BCUT2D eigenvalue weighted by Gasteiger charge is -2.21. The minimum Gasteiger partial charge on any atom is -0.337 e. The Kier molecular flexibility index (Phi) is 3.87. The predicted octanol–water partition coefficient (Wildman–Crippen LogP) is 2.00. The summed E-state index contributed by atoms with van der Waals surface area (Å²) in [6.45, 7) is 1.99. The Morgan fingerprint density at radius 1 is 1.85 bits per heavy atom. The van der Waals surface area contributed by atoms with Crippen LogP contribution in [-0.4, -0.2) is 34.2 Å². The molecule has 13 heavy (non-hydrogen) atoms. The summed E-state index contributed by atoms with van der Waals surface area (Å²) in [6, 6.07) is 0.189. The van der Waals surface area contributed by atoms with Crippen LogP contribution in [0.4, 0.5) is 0 Å². The first-order valence-electron chi connectivity index (χ1n) is 3.88. The lowest BCUT2D eigenvalue weighted by molar-refractivity contribution is 0.0753. The summed E-state index contributed by atoms with van der Waals surface area (Å²) in [5.41, 5.74) is 2.19. The van der Waals surface area contributed by atoms with Crippen molar-refractivity contribution in [2.45, 2.75) is 13.0 Å². The monoisotopic (exact) mass is 262 g/mol. The Labute approximate surface area is 89.9 Å². The summed E-state index contributed by atoms with van der Waals surface area (Å²) in [6.07, 6.45) is 0. The van der Waals surface area contributed by atoms with E-state index < -0.39 is 0 Å². The molecule has 3 nitrogen and oxygen atoms in total. The number of carbonyl (C=O) groups excluding carboxylic acids is 1. The number of amides is 1. The van der Waals surface area contributed by atoms with Crippen LogP contribution in [-0.2, 0) is 0 Å². The van der Waals surface area contributed by atoms with Crippen LogP contribution in [0.2, 0.25) is 0 Å². The van der Waals surface area contributed by atoms with Crippen molar-refractivity contribution in [3.63, 3.8) is 0 Å². The number of rotatable bonds is 3. The maximum atomic E-state index is 11.7. The zero-order valence-corrected chi connectivity index (χ0v) is 9.93. The summed E-state index contributed by atoms with van der Waals surface area (Å²) in [7, 11) is 1.79. The van der Waals surface area contributed by atoms with E-state index in [9.17, 15) is 4.79 Å². The minimum atomic E-state index is -0.0202. The number of thiazole rings is 1. The van der Waals surface area contributed by atoms with Gasteiger partial charge in [0.05, 0.1) is 5.51 Å². The molecule has 1 aromatic heterocycles. The van der Waals surface area contributed by atoms with Crippen LogP contribution in [0.25, 0.3) is 0 Å².